The van der Waals surface area contributed by atoms with Gasteiger partial charge in [0.25, 0.3) is 5.91 Å². The van der Waals surface area contributed by atoms with Gasteiger partial charge in [-0.3, -0.25) is 14.2 Å². The van der Waals surface area contributed by atoms with Gasteiger partial charge in [0.15, 0.2) is 5.82 Å². The van der Waals surface area contributed by atoms with Crippen molar-refractivity contribution in [1.82, 2.24) is 19.6 Å². The van der Waals surface area contributed by atoms with Crippen molar-refractivity contribution in [3.05, 3.63) is 65.1 Å². The molecular formula is C17H19N5O. The highest BCUT2D eigenvalue weighted by Gasteiger charge is 2.08. The molecule has 0 unspecified atom stereocenters. The maximum atomic E-state index is 12.2. The molecule has 0 aliphatic rings. The number of carbonyl (C=O) groups is 1. The SMILES string of the molecule is Cc1cc(C)n(Cc2ccc(C(=O)Nc3ccn(C)n3)cc2)n1. The lowest BCUT2D eigenvalue weighted by molar-refractivity contribution is 0.102. The van der Waals surface area contributed by atoms with Crippen LogP contribution in [0.4, 0.5) is 5.82 Å². The maximum absolute atomic E-state index is 12.2. The average Bonchev–Trinajstić information content (AvgIpc) is 3.05. The van der Waals surface area contributed by atoms with Gasteiger partial charge < -0.3 is 5.32 Å². The molecule has 0 aliphatic heterocycles. The summed E-state index contributed by atoms with van der Waals surface area (Å²) in [5, 5.41) is 11.4. The molecule has 0 aliphatic carbocycles. The van der Waals surface area contributed by atoms with E-state index in [4.69, 9.17) is 0 Å². The summed E-state index contributed by atoms with van der Waals surface area (Å²) in [5.74, 6) is 0.380. The number of hydrogen-bond donors (Lipinski definition) is 1. The molecule has 0 saturated carbocycles. The summed E-state index contributed by atoms with van der Waals surface area (Å²) < 4.78 is 3.60. The first-order chi connectivity index (χ1) is 11.0. The van der Waals surface area contributed by atoms with Gasteiger partial charge in [0.2, 0.25) is 0 Å². The van der Waals surface area contributed by atoms with Gasteiger partial charge in [0.05, 0.1) is 12.2 Å². The fourth-order valence-electron chi connectivity index (χ4n) is 2.44. The number of anilines is 1. The number of rotatable bonds is 4. The molecule has 6 heteroatoms. The van der Waals surface area contributed by atoms with Crippen LogP contribution in [0.5, 0.6) is 0 Å². The smallest absolute Gasteiger partial charge is 0.256 e. The van der Waals surface area contributed by atoms with E-state index in [1.165, 1.54) is 0 Å². The Morgan fingerprint density at radius 1 is 1.13 bits per heavy atom. The maximum Gasteiger partial charge on any atom is 0.256 e. The van der Waals surface area contributed by atoms with E-state index in [-0.39, 0.29) is 5.91 Å². The van der Waals surface area contributed by atoms with E-state index in [0.717, 1.165) is 17.0 Å². The van der Waals surface area contributed by atoms with Crippen LogP contribution in [0.15, 0.2) is 42.6 Å². The molecule has 1 aromatic carbocycles. The van der Waals surface area contributed by atoms with Crippen LogP contribution in [0.25, 0.3) is 0 Å². The number of nitrogens with zero attached hydrogens (tertiary/aromatic N) is 4. The zero-order chi connectivity index (χ0) is 16.4. The summed E-state index contributed by atoms with van der Waals surface area (Å²) in [6.45, 7) is 4.71. The third-order valence-electron chi connectivity index (χ3n) is 3.61. The third-order valence-corrected chi connectivity index (χ3v) is 3.61. The van der Waals surface area contributed by atoms with Gasteiger partial charge in [0, 0.05) is 30.6 Å². The van der Waals surface area contributed by atoms with Crippen LogP contribution in [0.3, 0.4) is 0 Å². The average molecular weight is 309 g/mol. The molecule has 1 N–H and O–H groups in total. The Morgan fingerprint density at radius 2 is 1.87 bits per heavy atom. The van der Waals surface area contributed by atoms with Crippen molar-refractivity contribution in [3.8, 4) is 0 Å². The van der Waals surface area contributed by atoms with Gasteiger partial charge in [-0.2, -0.15) is 10.2 Å². The van der Waals surface area contributed by atoms with Crippen molar-refractivity contribution < 1.29 is 4.79 Å². The predicted octanol–water partition coefficient (Wildman–Crippen LogP) is 2.53. The van der Waals surface area contributed by atoms with E-state index in [9.17, 15) is 4.79 Å². The summed E-state index contributed by atoms with van der Waals surface area (Å²) in [6, 6.07) is 11.3. The Labute approximate surface area is 134 Å². The molecule has 2 heterocycles. The second-order valence-electron chi connectivity index (χ2n) is 5.61. The number of hydrogen-bond acceptors (Lipinski definition) is 3. The molecule has 0 bridgehead atoms. The minimum Gasteiger partial charge on any atom is -0.305 e. The Kier molecular flexibility index (Phi) is 3.97. The fourth-order valence-corrected chi connectivity index (χ4v) is 2.44. The van der Waals surface area contributed by atoms with E-state index in [2.05, 4.69) is 21.6 Å². The van der Waals surface area contributed by atoms with E-state index >= 15 is 0 Å². The molecule has 0 fully saturated rings. The lowest BCUT2D eigenvalue weighted by atomic mass is 10.1. The van der Waals surface area contributed by atoms with Gasteiger partial charge >= 0.3 is 0 Å². The monoisotopic (exact) mass is 309 g/mol. The number of benzene rings is 1. The Morgan fingerprint density at radius 3 is 2.43 bits per heavy atom. The molecule has 1 amide bonds. The Balaban J connectivity index is 1.69. The molecule has 118 valence electrons. The molecule has 0 saturated heterocycles. The summed E-state index contributed by atoms with van der Waals surface area (Å²) in [5.41, 5.74) is 3.84. The minimum absolute atomic E-state index is 0.165. The van der Waals surface area contributed by atoms with Crippen molar-refractivity contribution in [2.45, 2.75) is 20.4 Å². The molecule has 23 heavy (non-hydrogen) atoms. The lowest BCUT2D eigenvalue weighted by Crippen LogP contribution is -2.12. The van der Waals surface area contributed by atoms with Crippen LogP contribution in [-0.2, 0) is 13.6 Å². The third kappa shape index (κ3) is 3.48. The van der Waals surface area contributed by atoms with Gasteiger partial charge in [-0.15, -0.1) is 0 Å². The molecule has 3 rings (SSSR count). The zero-order valence-electron chi connectivity index (χ0n) is 13.4. The van der Waals surface area contributed by atoms with E-state index in [1.54, 1.807) is 16.9 Å². The number of nitrogens with one attached hydrogen (secondary N) is 1. The fraction of sp³-hybridized carbons (Fsp3) is 0.235. The molecule has 0 atom stereocenters. The van der Waals surface area contributed by atoms with E-state index in [1.807, 2.05) is 49.8 Å². The van der Waals surface area contributed by atoms with E-state index < -0.39 is 0 Å². The normalized spacial score (nSPS) is 10.7. The number of aryl methyl sites for hydroxylation is 3. The molecule has 6 nitrogen and oxygen atoms in total. The molecule has 3 aromatic rings. The number of carbonyl (C=O) groups excluding carboxylic acids is 1. The largest absolute Gasteiger partial charge is 0.305 e. The van der Waals surface area contributed by atoms with Crippen LogP contribution in [-0.4, -0.2) is 25.5 Å². The van der Waals surface area contributed by atoms with Crippen molar-refractivity contribution in [1.29, 1.82) is 0 Å². The molecule has 0 radical (unpaired) electrons. The van der Waals surface area contributed by atoms with Crippen molar-refractivity contribution in [3.63, 3.8) is 0 Å². The highest BCUT2D eigenvalue weighted by atomic mass is 16.1. The summed E-state index contributed by atoms with van der Waals surface area (Å²) >= 11 is 0. The highest BCUT2D eigenvalue weighted by Crippen LogP contribution is 2.11. The van der Waals surface area contributed by atoms with Gasteiger partial charge in [-0.25, -0.2) is 0 Å². The standard InChI is InChI=1S/C17H19N5O/c1-12-10-13(2)22(19-12)11-14-4-6-15(7-5-14)17(23)18-16-8-9-21(3)20-16/h4-10H,11H2,1-3H3,(H,18,20,23). The zero-order valence-corrected chi connectivity index (χ0v) is 13.4. The first-order valence-corrected chi connectivity index (χ1v) is 7.42. The Bertz CT molecular complexity index is 829. The topological polar surface area (TPSA) is 64.7 Å². The van der Waals surface area contributed by atoms with Gasteiger partial charge in [-0.05, 0) is 37.6 Å². The first-order valence-electron chi connectivity index (χ1n) is 7.42. The van der Waals surface area contributed by atoms with Crippen LogP contribution >= 0.6 is 0 Å². The summed E-state index contributed by atoms with van der Waals surface area (Å²) in [4.78, 5) is 12.2. The van der Waals surface area contributed by atoms with Crippen LogP contribution in [0.2, 0.25) is 0 Å². The van der Waals surface area contributed by atoms with Crippen molar-refractivity contribution >= 4 is 11.7 Å². The molecule has 0 spiro atoms. The lowest BCUT2D eigenvalue weighted by Gasteiger charge is -2.06. The number of aromatic nitrogens is 4. The van der Waals surface area contributed by atoms with Gasteiger partial charge in [-0.1, -0.05) is 12.1 Å². The molecular weight excluding hydrogens is 290 g/mol. The second-order valence-corrected chi connectivity index (χ2v) is 5.61. The van der Waals surface area contributed by atoms with Crippen molar-refractivity contribution in [2.75, 3.05) is 5.32 Å². The minimum atomic E-state index is -0.165. The first kappa shape index (κ1) is 15.0. The summed E-state index contributed by atoms with van der Waals surface area (Å²) in [7, 11) is 1.81. The quantitative estimate of drug-likeness (QED) is 0.805. The van der Waals surface area contributed by atoms with Crippen molar-refractivity contribution in [2.24, 2.45) is 7.05 Å². The predicted molar refractivity (Wildman–Crippen MR) is 88.4 cm³/mol. The molecule has 2 aromatic heterocycles. The summed E-state index contributed by atoms with van der Waals surface area (Å²) in [6.07, 6.45) is 1.78. The second kappa shape index (κ2) is 6.08. The van der Waals surface area contributed by atoms with E-state index in [0.29, 0.717) is 17.9 Å². The van der Waals surface area contributed by atoms with Crippen LogP contribution < -0.4 is 5.32 Å². The highest BCUT2D eigenvalue weighted by molar-refractivity contribution is 6.03. The van der Waals surface area contributed by atoms with Crippen LogP contribution in [0, 0.1) is 13.8 Å². The van der Waals surface area contributed by atoms with Gasteiger partial charge in [0.1, 0.15) is 0 Å². The Hall–Kier alpha value is -2.89. The van der Waals surface area contributed by atoms with Crippen LogP contribution in [0.1, 0.15) is 27.3 Å². The number of amides is 1.